The predicted molar refractivity (Wildman–Crippen MR) is 68.4 cm³/mol. The number of nitrogens with zero attached hydrogens (tertiary/aromatic N) is 2. The number of hydrogen-bond donors (Lipinski definition) is 3. The third kappa shape index (κ3) is 2.17. The van der Waals surface area contributed by atoms with Crippen LogP contribution in [-0.2, 0) is 4.79 Å². The molecule has 7 heteroatoms. The fourth-order valence-electron chi connectivity index (χ4n) is 1.86. The third-order valence-electron chi connectivity index (χ3n) is 3.25. The Morgan fingerprint density at radius 2 is 2.50 bits per heavy atom. The van der Waals surface area contributed by atoms with Gasteiger partial charge >= 0.3 is 0 Å². The molecule has 1 atom stereocenters. The summed E-state index contributed by atoms with van der Waals surface area (Å²) in [6.07, 6.45) is 3.73. The Morgan fingerprint density at radius 1 is 1.78 bits per heavy atom. The van der Waals surface area contributed by atoms with E-state index in [-0.39, 0.29) is 17.8 Å². The highest BCUT2D eigenvalue weighted by Gasteiger charge is 2.54. The highest BCUT2D eigenvalue weighted by Crippen LogP contribution is 2.46. The first-order valence-electron chi connectivity index (χ1n) is 5.82. The Balaban J connectivity index is 2.07. The normalized spacial score (nSPS) is 19.3. The summed E-state index contributed by atoms with van der Waals surface area (Å²) in [6, 6.07) is -0.110. The van der Waals surface area contributed by atoms with Gasteiger partial charge in [0.1, 0.15) is 10.4 Å². The van der Waals surface area contributed by atoms with Gasteiger partial charge < -0.3 is 16.3 Å². The number of amidine groups is 1. The summed E-state index contributed by atoms with van der Waals surface area (Å²) in [5, 5.41) is 17.3. The van der Waals surface area contributed by atoms with Gasteiger partial charge in [0.2, 0.25) is 5.91 Å². The smallest absolute Gasteiger partial charge is 0.234 e. The quantitative estimate of drug-likeness (QED) is 0.323. The highest BCUT2D eigenvalue weighted by molar-refractivity contribution is 7.09. The van der Waals surface area contributed by atoms with Gasteiger partial charge in [-0.1, -0.05) is 12.1 Å². The summed E-state index contributed by atoms with van der Waals surface area (Å²) < 4.78 is 0. The zero-order valence-corrected chi connectivity index (χ0v) is 10.9. The second-order valence-electron chi connectivity index (χ2n) is 4.37. The molecule has 1 aromatic heterocycles. The minimum Gasteiger partial charge on any atom is -0.409 e. The molecule has 0 bridgehead atoms. The first-order chi connectivity index (χ1) is 8.64. The molecule has 1 saturated carbocycles. The molecule has 98 valence electrons. The van der Waals surface area contributed by atoms with Crippen LogP contribution in [0.2, 0.25) is 0 Å². The fraction of sp³-hybridized carbons (Fsp3) is 0.545. The summed E-state index contributed by atoms with van der Waals surface area (Å²) in [5.74, 6) is -0.186. The molecule has 1 unspecified atom stereocenters. The van der Waals surface area contributed by atoms with Gasteiger partial charge in [-0.2, -0.15) is 0 Å². The molecule has 4 N–H and O–H groups in total. The number of rotatable bonds is 5. The van der Waals surface area contributed by atoms with Crippen LogP contribution in [0.3, 0.4) is 0 Å². The van der Waals surface area contributed by atoms with Crippen LogP contribution in [0, 0.1) is 5.41 Å². The van der Waals surface area contributed by atoms with E-state index in [2.05, 4.69) is 15.5 Å². The number of hydrogen-bond acceptors (Lipinski definition) is 5. The molecule has 6 nitrogen and oxygen atoms in total. The van der Waals surface area contributed by atoms with Crippen molar-refractivity contribution in [2.45, 2.75) is 32.2 Å². The molecule has 0 saturated heterocycles. The van der Waals surface area contributed by atoms with Gasteiger partial charge in [-0.15, -0.1) is 11.3 Å². The van der Waals surface area contributed by atoms with E-state index >= 15 is 0 Å². The summed E-state index contributed by atoms with van der Waals surface area (Å²) in [5.41, 5.74) is 4.77. The van der Waals surface area contributed by atoms with Crippen LogP contribution >= 0.6 is 11.3 Å². The first kappa shape index (κ1) is 12.8. The van der Waals surface area contributed by atoms with Crippen molar-refractivity contribution in [1.29, 1.82) is 0 Å². The van der Waals surface area contributed by atoms with Gasteiger partial charge in [-0.25, -0.2) is 4.98 Å². The van der Waals surface area contributed by atoms with Crippen LogP contribution in [0.4, 0.5) is 0 Å². The van der Waals surface area contributed by atoms with Crippen molar-refractivity contribution in [2.24, 2.45) is 16.3 Å². The Kier molecular flexibility index (Phi) is 3.51. The van der Waals surface area contributed by atoms with Crippen LogP contribution in [0.25, 0.3) is 0 Å². The van der Waals surface area contributed by atoms with Gasteiger partial charge in [0, 0.05) is 11.6 Å². The van der Waals surface area contributed by atoms with E-state index in [0.29, 0.717) is 12.8 Å². The molecule has 0 aromatic carbocycles. The SMILES string of the molecule is CCC(NC(=O)C1(/C(N)=N/O)CC1)c1nccs1. The van der Waals surface area contributed by atoms with Crippen LogP contribution in [0.1, 0.15) is 37.2 Å². The Labute approximate surface area is 109 Å². The van der Waals surface area contributed by atoms with E-state index in [0.717, 1.165) is 11.4 Å². The number of aromatic nitrogens is 1. The van der Waals surface area contributed by atoms with E-state index in [1.807, 2.05) is 12.3 Å². The minimum absolute atomic E-state index is 0.00556. The molecule has 1 amide bonds. The maximum absolute atomic E-state index is 12.2. The number of amides is 1. The maximum Gasteiger partial charge on any atom is 0.234 e. The molecule has 1 fully saturated rings. The van der Waals surface area contributed by atoms with Crippen LogP contribution in [0.15, 0.2) is 16.7 Å². The largest absolute Gasteiger partial charge is 0.409 e. The maximum atomic E-state index is 12.2. The molecule has 1 aromatic rings. The summed E-state index contributed by atoms with van der Waals surface area (Å²) in [4.78, 5) is 16.4. The zero-order valence-electron chi connectivity index (χ0n) is 10.1. The summed E-state index contributed by atoms with van der Waals surface area (Å²) >= 11 is 1.51. The summed E-state index contributed by atoms with van der Waals surface area (Å²) in [6.45, 7) is 1.98. The molecule has 18 heavy (non-hydrogen) atoms. The van der Waals surface area contributed by atoms with Gasteiger partial charge in [-0.05, 0) is 19.3 Å². The monoisotopic (exact) mass is 268 g/mol. The number of nitrogens with one attached hydrogen (secondary N) is 1. The van der Waals surface area contributed by atoms with E-state index in [4.69, 9.17) is 10.9 Å². The Hall–Kier alpha value is -1.63. The number of oxime groups is 1. The van der Waals surface area contributed by atoms with Crippen molar-refractivity contribution in [2.75, 3.05) is 0 Å². The molecule has 0 radical (unpaired) electrons. The van der Waals surface area contributed by atoms with Crippen LogP contribution in [0.5, 0.6) is 0 Å². The number of carbonyl (C=O) groups excluding carboxylic acids is 1. The lowest BCUT2D eigenvalue weighted by Crippen LogP contribution is -2.42. The van der Waals surface area contributed by atoms with Crippen molar-refractivity contribution >= 4 is 23.1 Å². The van der Waals surface area contributed by atoms with E-state index in [1.54, 1.807) is 6.20 Å². The molecule has 1 heterocycles. The number of thiazole rings is 1. The Bertz CT molecular complexity index is 454. The average Bonchev–Trinajstić information content (AvgIpc) is 3.03. The van der Waals surface area contributed by atoms with Gasteiger partial charge in [0.25, 0.3) is 0 Å². The van der Waals surface area contributed by atoms with Gasteiger partial charge in [0.15, 0.2) is 5.84 Å². The average molecular weight is 268 g/mol. The predicted octanol–water partition coefficient (Wildman–Crippen LogP) is 1.24. The van der Waals surface area contributed by atoms with Gasteiger partial charge in [-0.3, -0.25) is 4.79 Å². The van der Waals surface area contributed by atoms with Crippen molar-refractivity contribution in [3.63, 3.8) is 0 Å². The lowest BCUT2D eigenvalue weighted by molar-refractivity contribution is -0.124. The fourth-order valence-corrected chi connectivity index (χ4v) is 2.63. The van der Waals surface area contributed by atoms with Gasteiger partial charge in [0.05, 0.1) is 6.04 Å². The second kappa shape index (κ2) is 4.93. The molecule has 1 aliphatic carbocycles. The molecule has 2 rings (SSSR count). The minimum atomic E-state index is -0.806. The van der Waals surface area contributed by atoms with Crippen LogP contribution < -0.4 is 11.1 Å². The lowest BCUT2D eigenvalue weighted by Gasteiger charge is -2.19. The number of nitrogens with two attached hydrogens (primary N) is 1. The van der Waals surface area contributed by atoms with Crippen molar-refractivity contribution in [3.8, 4) is 0 Å². The van der Waals surface area contributed by atoms with Crippen molar-refractivity contribution in [1.82, 2.24) is 10.3 Å². The molecule has 1 aliphatic rings. The van der Waals surface area contributed by atoms with Crippen molar-refractivity contribution < 1.29 is 10.0 Å². The number of carbonyl (C=O) groups is 1. The standard InChI is InChI=1S/C11H16N4O2S/c1-2-7(8-13-5-6-18-8)14-10(16)11(3-4-11)9(12)15-17/h5-7,17H,2-4H2,1H3,(H2,12,15)(H,14,16). The van der Waals surface area contributed by atoms with E-state index < -0.39 is 5.41 Å². The first-order valence-corrected chi connectivity index (χ1v) is 6.70. The molecule has 0 spiro atoms. The molecule has 0 aliphatic heterocycles. The third-order valence-corrected chi connectivity index (χ3v) is 4.13. The highest BCUT2D eigenvalue weighted by atomic mass is 32.1. The topological polar surface area (TPSA) is 101 Å². The molecular formula is C11H16N4O2S. The molecular weight excluding hydrogens is 252 g/mol. The van der Waals surface area contributed by atoms with E-state index in [1.165, 1.54) is 11.3 Å². The summed E-state index contributed by atoms with van der Waals surface area (Å²) in [7, 11) is 0. The second-order valence-corrected chi connectivity index (χ2v) is 5.30. The van der Waals surface area contributed by atoms with Crippen molar-refractivity contribution in [3.05, 3.63) is 16.6 Å². The van der Waals surface area contributed by atoms with E-state index in [9.17, 15) is 4.79 Å². The van der Waals surface area contributed by atoms with Crippen LogP contribution in [-0.4, -0.2) is 21.9 Å². The lowest BCUT2D eigenvalue weighted by atomic mass is 10.0. The Morgan fingerprint density at radius 3 is 2.94 bits per heavy atom. The zero-order chi connectivity index (χ0) is 13.2.